The second-order valence-corrected chi connectivity index (χ2v) is 10.7. The van der Waals surface area contributed by atoms with Gasteiger partial charge in [0.15, 0.2) is 0 Å². The Labute approximate surface area is 252 Å². The standard InChI is InChI=1S/C32H34FN5O6/c1-5-44-31(41)25(35-29(39)28-20(3)15-22(17-24(28)33)37-10-12-43-13-11-37)16-21-7-9-27(34-18-21)38-30(40)23-14-19(2)6-8-26(23)36(4)32(38)42/h6-9,14-15,17-18,25H,5,10-13,16H2,1-4H3,(H,35,39)/t25-/m0/s1. The van der Waals surface area contributed by atoms with Gasteiger partial charge in [-0.05, 0) is 62.2 Å². The van der Waals surface area contributed by atoms with Crippen LogP contribution >= 0.6 is 0 Å². The van der Waals surface area contributed by atoms with Crippen LogP contribution in [0.1, 0.15) is 34.0 Å². The van der Waals surface area contributed by atoms with Crippen LogP contribution in [0.5, 0.6) is 0 Å². The monoisotopic (exact) mass is 603 g/mol. The van der Waals surface area contributed by atoms with Crippen molar-refractivity contribution in [3.05, 3.63) is 97.6 Å². The fourth-order valence-electron chi connectivity index (χ4n) is 5.37. The van der Waals surface area contributed by atoms with Crippen LogP contribution in [0.15, 0.2) is 58.3 Å². The summed E-state index contributed by atoms with van der Waals surface area (Å²) in [7, 11) is 1.58. The van der Waals surface area contributed by atoms with Crippen molar-refractivity contribution in [1.82, 2.24) is 19.4 Å². The molecule has 1 aliphatic heterocycles. The third kappa shape index (κ3) is 6.11. The molecule has 0 radical (unpaired) electrons. The number of pyridine rings is 1. The van der Waals surface area contributed by atoms with Crippen LogP contribution in [0.4, 0.5) is 10.1 Å². The number of aromatic nitrogens is 3. The number of carbonyl (C=O) groups is 2. The Morgan fingerprint density at radius 2 is 1.84 bits per heavy atom. The van der Waals surface area contributed by atoms with Gasteiger partial charge in [0.2, 0.25) is 0 Å². The molecule has 230 valence electrons. The number of ether oxygens (including phenoxy) is 2. The molecule has 1 aliphatic rings. The van der Waals surface area contributed by atoms with Gasteiger partial charge in [-0.3, -0.25) is 14.2 Å². The van der Waals surface area contributed by atoms with E-state index in [1.807, 2.05) is 17.9 Å². The minimum atomic E-state index is -1.15. The highest BCUT2D eigenvalue weighted by molar-refractivity contribution is 5.98. The van der Waals surface area contributed by atoms with Crippen molar-refractivity contribution in [3.63, 3.8) is 0 Å². The van der Waals surface area contributed by atoms with Gasteiger partial charge in [-0.15, -0.1) is 0 Å². The van der Waals surface area contributed by atoms with Crippen molar-refractivity contribution in [2.24, 2.45) is 7.05 Å². The van der Waals surface area contributed by atoms with Crippen molar-refractivity contribution in [1.29, 1.82) is 0 Å². The van der Waals surface area contributed by atoms with Crippen LogP contribution in [0, 0.1) is 19.7 Å². The van der Waals surface area contributed by atoms with E-state index >= 15 is 4.39 Å². The van der Waals surface area contributed by atoms with E-state index < -0.39 is 35.0 Å². The Morgan fingerprint density at radius 3 is 2.50 bits per heavy atom. The zero-order valence-corrected chi connectivity index (χ0v) is 25.1. The lowest BCUT2D eigenvalue weighted by Crippen LogP contribution is -2.44. The van der Waals surface area contributed by atoms with Gasteiger partial charge >= 0.3 is 11.7 Å². The van der Waals surface area contributed by atoms with Crippen molar-refractivity contribution in [3.8, 4) is 5.82 Å². The number of hydrogen-bond acceptors (Lipinski definition) is 8. The van der Waals surface area contributed by atoms with E-state index in [1.54, 1.807) is 45.2 Å². The number of halogens is 1. The molecule has 0 saturated carbocycles. The molecule has 5 rings (SSSR count). The van der Waals surface area contributed by atoms with E-state index in [0.29, 0.717) is 54.0 Å². The molecule has 2 aromatic heterocycles. The summed E-state index contributed by atoms with van der Waals surface area (Å²) >= 11 is 0. The van der Waals surface area contributed by atoms with Gasteiger partial charge in [0, 0.05) is 38.4 Å². The van der Waals surface area contributed by atoms with Crippen molar-refractivity contribution >= 4 is 28.5 Å². The summed E-state index contributed by atoms with van der Waals surface area (Å²) in [5.41, 5.74) is 1.77. The van der Waals surface area contributed by atoms with Gasteiger partial charge in [-0.25, -0.2) is 23.5 Å². The number of aryl methyl sites for hydroxylation is 3. The number of nitrogens with one attached hydrogen (secondary N) is 1. The van der Waals surface area contributed by atoms with E-state index in [4.69, 9.17) is 9.47 Å². The summed E-state index contributed by atoms with van der Waals surface area (Å²) in [6.07, 6.45) is 1.40. The minimum Gasteiger partial charge on any atom is -0.464 e. The molecule has 1 saturated heterocycles. The number of nitrogens with zero attached hydrogens (tertiary/aromatic N) is 4. The molecule has 0 unspecified atom stereocenters. The molecule has 44 heavy (non-hydrogen) atoms. The van der Waals surface area contributed by atoms with Gasteiger partial charge in [-0.2, -0.15) is 0 Å². The van der Waals surface area contributed by atoms with Crippen LogP contribution in [-0.2, 0) is 27.7 Å². The molecule has 4 aromatic rings. The van der Waals surface area contributed by atoms with Crippen LogP contribution in [0.2, 0.25) is 0 Å². The molecule has 1 atom stereocenters. The van der Waals surface area contributed by atoms with Crippen LogP contribution in [0.3, 0.4) is 0 Å². The molecule has 1 N–H and O–H groups in total. The molecular formula is C32H34FN5O6. The zero-order chi connectivity index (χ0) is 31.5. The summed E-state index contributed by atoms with van der Waals surface area (Å²) in [6.45, 7) is 7.53. The first kappa shape index (κ1) is 30.6. The molecule has 0 aliphatic carbocycles. The highest BCUT2D eigenvalue weighted by atomic mass is 19.1. The smallest absolute Gasteiger partial charge is 0.337 e. The third-order valence-corrected chi connectivity index (χ3v) is 7.66. The summed E-state index contributed by atoms with van der Waals surface area (Å²) in [5, 5.41) is 3.00. The summed E-state index contributed by atoms with van der Waals surface area (Å²) in [6, 6.07) is 10.3. The van der Waals surface area contributed by atoms with Crippen LogP contribution in [0.25, 0.3) is 16.7 Å². The average Bonchev–Trinajstić information content (AvgIpc) is 3.00. The molecule has 1 fully saturated rings. The topological polar surface area (TPSA) is 125 Å². The Hall–Kier alpha value is -4.84. The Balaban J connectivity index is 1.40. The molecule has 2 aromatic carbocycles. The highest BCUT2D eigenvalue weighted by Gasteiger charge is 2.27. The fourth-order valence-corrected chi connectivity index (χ4v) is 5.37. The number of hydrogen-bond donors (Lipinski definition) is 1. The Kier molecular flexibility index (Phi) is 8.91. The van der Waals surface area contributed by atoms with Gasteiger partial charge in [0.25, 0.3) is 11.5 Å². The lowest BCUT2D eigenvalue weighted by atomic mass is 10.0. The molecule has 12 heteroatoms. The summed E-state index contributed by atoms with van der Waals surface area (Å²) in [5.74, 6) is -2.03. The van der Waals surface area contributed by atoms with Crippen LogP contribution in [-0.4, -0.2) is 64.9 Å². The SMILES string of the molecule is CCOC(=O)[C@H](Cc1ccc(-n2c(=O)c3cc(C)ccc3n(C)c2=O)nc1)NC(=O)c1c(C)cc(N2CCOCC2)cc1F. The number of anilines is 1. The maximum absolute atomic E-state index is 15.3. The lowest BCUT2D eigenvalue weighted by molar-refractivity contribution is -0.145. The quantitative estimate of drug-likeness (QED) is 0.305. The average molecular weight is 604 g/mol. The third-order valence-electron chi connectivity index (χ3n) is 7.66. The van der Waals surface area contributed by atoms with Crippen molar-refractivity contribution < 1.29 is 23.5 Å². The molecule has 1 amide bonds. The maximum atomic E-state index is 15.3. The molecule has 11 nitrogen and oxygen atoms in total. The van der Waals surface area contributed by atoms with Crippen LogP contribution < -0.4 is 21.5 Å². The lowest BCUT2D eigenvalue weighted by Gasteiger charge is -2.29. The van der Waals surface area contributed by atoms with Gasteiger partial charge < -0.3 is 19.7 Å². The molecule has 0 bridgehead atoms. The highest BCUT2D eigenvalue weighted by Crippen LogP contribution is 2.24. The second kappa shape index (κ2) is 12.8. The number of rotatable bonds is 8. The first-order chi connectivity index (χ1) is 21.1. The zero-order valence-electron chi connectivity index (χ0n) is 25.1. The van der Waals surface area contributed by atoms with E-state index in [0.717, 1.165) is 10.1 Å². The molecule has 3 heterocycles. The fraction of sp³-hybridized carbons (Fsp3) is 0.344. The maximum Gasteiger partial charge on any atom is 0.337 e. The second-order valence-electron chi connectivity index (χ2n) is 10.7. The van der Waals surface area contributed by atoms with E-state index in [-0.39, 0.29) is 24.4 Å². The van der Waals surface area contributed by atoms with Gasteiger partial charge in [0.1, 0.15) is 17.7 Å². The first-order valence-electron chi connectivity index (χ1n) is 14.4. The predicted octanol–water partition coefficient (Wildman–Crippen LogP) is 2.58. The van der Waals surface area contributed by atoms with E-state index in [1.165, 1.54) is 22.9 Å². The van der Waals surface area contributed by atoms with Gasteiger partial charge in [0.05, 0.1) is 36.3 Å². The number of benzene rings is 2. The largest absolute Gasteiger partial charge is 0.464 e. The Bertz CT molecular complexity index is 1820. The van der Waals surface area contributed by atoms with E-state index in [2.05, 4.69) is 10.3 Å². The summed E-state index contributed by atoms with van der Waals surface area (Å²) in [4.78, 5) is 58.8. The Morgan fingerprint density at radius 1 is 1.09 bits per heavy atom. The first-order valence-corrected chi connectivity index (χ1v) is 14.4. The minimum absolute atomic E-state index is 0.0196. The van der Waals surface area contributed by atoms with E-state index in [9.17, 15) is 19.2 Å². The normalized spacial score (nSPS) is 14.0. The van der Waals surface area contributed by atoms with Crippen molar-refractivity contribution in [2.75, 3.05) is 37.8 Å². The number of carbonyl (C=O) groups excluding carboxylic acids is 2. The number of fused-ring (bicyclic) bond motifs is 1. The number of amides is 1. The summed E-state index contributed by atoms with van der Waals surface area (Å²) < 4.78 is 28.2. The van der Waals surface area contributed by atoms with Gasteiger partial charge in [-0.1, -0.05) is 17.7 Å². The molecular weight excluding hydrogens is 569 g/mol. The number of esters is 1. The molecule has 0 spiro atoms. The van der Waals surface area contributed by atoms with Crippen molar-refractivity contribution in [2.45, 2.75) is 33.2 Å². The predicted molar refractivity (Wildman–Crippen MR) is 163 cm³/mol. The number of morpholine rings is 1.